The molecule has 2 saturated heterocycles. The van der Waals surface area contributed by atoms with E-state index >= 15 is 0 Å². The molecule has 0 aromatic rings. The van der Waals surface area contributed by atoms with Crippen molar-refractivity contribution < 1.29 is 0 Å². The molecular weight excluding hydrogens is 172 g/mol. The van der Waals surface area contributed by atoms with Crippen LogP contribution in [0.25, 0.3) is 0 Å². The first-order chi connectivity index (χ1) is 6.88. The van der Waals surface area contributed by atoms with Crippen molar-refractivity contribution in [3.8, 4) is 0 Å². The zero-order chi connectivity index (χ0) is 9.80. The van der Waals surface area contributed by atoms with Crippen LogP contribution in [0.4, 0.5) is 0 Å². The van der Waals surface area contributed by atoms with Crippen molar-refractivity contribution in [2.45, 2.75) is 45.1 Å². The Morgan fingerprint density at radius 1 is 1.29 bits per heavy atom. The van der Waals surface area contributed by atoms with Crippen LogP contribution in [0, 0.1) is 5.92 Å². The number of hydrogen-bond donors (Lipinski definition) is 1. The second-order valence-electron chi connectivity index (χ2n) is 4.97. The zero-order valence-electron chi connectivity index (χ0n) is 9.47. The van der Waals surface area contributed by atoms with Crippen LogP contribution in [0.15, 0.2) is 0 Å². The lowest BCUT2D eigenvalue weighted by Gasteiger charge is -2.28. The fraction of sp³-hybridized carbons (Fsp3) is 1.00. The minimum absolute atomic E-state index is 0.791. The first-order valence-corrected chi connectivity index (χ1v) is 6.34. The number of nitrogens with zero attached hydrogens (tertiary/aromatic N) is 1. The molecule has 1 N–H and O–H groups in total. The van der Waals surface area contributed by atoms with E-state index in [-0.39, 0.29) is 0 Å². The Kier molecular flexibility index (Phi) is 3.82. The van der Waals surface area contributed by atoms with Crippen LogP contribution in [0.3, 0.4) is 0 Å². The maximum absolute atomic E-state index is 3.64. The lowest BCUT2D eigenvalue weighted by Crippen LogP contribution is -2.42. The average Bonchev–Trinajstić information content (AvgIpc) is 2.67. The third-order valence-electron chi connectivity index (χ3n) is 3.84. The van der Waals surface area contributed by atoms with Crippen LogP contribution in [-0.2, 0) is 0 Å². The highest BCUT2D eigenvalue weighted by molar-refractivity contribution is 4.81. The molecule has 0 spiro atoms. The molecule has 0 amide bonds. The van der Waals surface area contributed by atoms with Crippen LogP contribution in [-0.4, -0.2) is 37.1 Å². The molecule has 14 heavy (non-hydrogen) atoms. The Hall–Kier alpha value is -0.0800. The second-order valence-corrected chi connectivity index (χ2v) is 4.97. The summed E-state index contributed by atoms with van der Waals surface area (Å²) in [5.74, 6) is 0.985. The molecule has 0 saturated carbocycles. The Labute approximate surface area is 88.1 Å². The SMILES string of the molecule is CCC1CCN(CC2CCCCN2)C1. The maximum atomic E-state index is 3.64. The summed E-state index contributed by atoms with van der Waals surface area (Å²) in [5.41, 5.74) is 0. The van der Waals surface area contributed by atoms with Gasteiger partial charge in [-0.25, -0.2) is 0 Å². The summed E-state index contributed by atoms with van der Waals surface area (Å²) < 4.78 is 0. The highest BCUT2D eigenvalue weighted by Gasteiger charge is 2.23. The van der Waals surface area contributed by atoms with Gasteiger partial charge in [-0.15, -0.1) is 0 Å². The summed E-state index contributed by atoms with van der Waals surface area (Å²) in [6, 6.07) is 0.791. The van der Waals surface area contributed by atoms with Gasteiger partial charge in [0, 0.05) is 19.1 Å². The summed E-state index contributed by atoms with van der Waals surface area (Å²) >= 11 is 0. The molecule has 0 radical (unpaired) electrons. The monoisotopic (exact) mass is 196 g/mol. The van der Waals surface area contributed by atoms with Crippen molar-refractivity contribution in [3.63, 3.8) is 0 Å². The van der Waals surface area contributed by atoms with Crippen LogP contribution in [0.1, 0.15) is 39.0 Å². The standard InChI is InChI=1S/C12H24N2/c1-2-11-6-8-14(9-11)10-12-5-3-4-7-13-12/h11-13H,2-10H2,1H3. The molecule has 0 bridgehead atoms. The minimum Gasteiger partial charge on any atom is -0.313 e. The molecule has 2 atom stereocenters. The van der Waals surface area contributed by atoms with Crippen molar-refractivity contribution in [2.75, 3.05) is 26.2 Å². The summed E-state index contributed by atoms with van der Waals surface area (Å²) in [6.45, 7) is 7.57. The quantitative estimate of drug-likeness (QED) is 0.741. The molecule has 2 aliphatic heterocycles. The van der Waals surface area contributed by atoms with Gasteiger partial charge in [0.15, 0.2) is 0 Å². The Morgan fingerprint density at radius 2 is 2.21 bits per heavy atom. The van der Waals surface area contributed by atoms with Crippen LogP contribution in [0.5, 0.6) is 0 Å². The van der Waals surface area contributed by atoms with Gasteiger partial charge >= 0.3 is 0 Å². The minimum atomic E-state index is 0.791. The van der Waals surface area contributed by atoms with Crippen molar-refractivity contribution in [1.29, 1.82) is 0 Å². The summed E-state index contributed by atoms with van der Waals surface area (Å²) in [7, 11) is 0. The predicted molar refractivity (Wildman–Crippen MR) is 60.5 cm³/mol. The Balaban J connectivity index is 1.69. The molecule has 0 aromatic heterocycles. The number of piperidine rings is 1. The van der Waals surface area contributed by atoms with E-state index in [2.05, 4.69) is 17.1 Å². The van der Waals surface area contributed by atoms with E-state index in [1.165, 1.54) is 58.3 Å². The molecule has 2 fully saturated rings. The van der Waals surface area contributed by atoms with E-state index < -0.39 is 0 Å². The van der Waals surface area contributed by atoms with E-state index in [1.54, 1.807) is 0 Å². The van der Waals surface area contributed by atoms with Crippen molar-refractivity contribution >= 4 is 0 Å². The van der Waals surface area contributed by atoms with Gasteiger partial charge in [-0.1, -0.05) is 19.8 Å². The van der Waals surface area contributed by atoms with E-state index in [4.69, 9.17) is 0 Å². The topological polar surface area (TPSA) is 15.3 Å². The van der Waals surface area contributed by atoms with Crippen LogP contribution >= 0.6 is 0 Å². The van der Waals surface area contributed by atoms with Gasteiger partial charge in [-0.2, -0.15) is 0 Å². The molecular formula is C12H24N2. The third-order valence-corrected chi connectivity index (χ3v) is 3.84. The summed E-state index contributed by atoms with van der Waals surface area (Å²) in [4.78, 5) is 2.66. The molecule has 2 aliphatic rings. The number of hydrogen-bond acceptors (Lipinski definition) is 2. The number of rotatable bonds is 3. The summed E-state index contributed by atoms with van der Waals surface area (Å²) in [5, 5.41) is 3.64. The second kappa shape index (κ2) is 5.13. The van der Waals surface area contributed by atoms with Gasteiger partial charge in [0.05, 0.1) is 0 Å². The van der Waals surface area contributed by atoms with Crippen LogP contribution in [0.2, 0.25) is 0 Å². The fourth-order valence-corrected chi connectivity index (χ4v) is 2.80. The van der Waals surface area contributed by atoms with Crippen molar-refractivity contribution in [1.82, 2.24) is 10.2 Å². The molecule has 2 rings (SSSR count). The van der Waals surface area contributed by atoms with E-state index in [0.717, 1.165) is 12.0 Å². The molecule has 0 aliphatic carbocycles. The van der Waals surface area contributed by atoms with Gasteiger partial charge in [0.1, 0.15) is 0 Å². The predicted octanol–water partition coefficient (Wildman–Crippen LogP) is 1.86. The highest BCUT2D eigenvalue weighted by Crippen LogP contribution is 2.20. The smallest absolute Gasteiger partial charge is 0.0195 e. The molecule has 0 aromatic carbocycles. The highest BCUT2D eigenvalue weighted by atomic mass is 15.2. The first kappa shape index (κ1) is 10.4. The number of likely N-dealkylation sites (tertiary alicyclic amines) is 1. The van der Waals surface area contributed by atoms with Gasteiger partial charge in [-0.3, -0.25) is 0 Å². The van der Waals surface area contributed by atoms with Crippen molar-refractivity contribution in [2.24, 2.45) is 5.92 Å². The van der Waals surface area contributed by atoms with E-state index in [9.17, 15) is 0 Å². The zero-order valence-corrected chi connectivity index (χ0v) is 9.47. The average molecular weight is 196 g/mol. The lowest BCUT2D eigenvalue weighted by atomic mass is 10.0. The molecule has 2 nitrogen and oxygen atoms in total. The van der Waals surface area contributed by atoms with E-state index in [1.807, 2.05) is 0 Å². The molecule has 2 heteroatoms. The van der Waals surface area contributed by atoms with Gasteiger partial charge in [0.25, 0.3) is 0 Å². The third kappa shape index (κ3) is 2.71. The Morgan fingerprint density at radius 3 is 2.86 bits per heavy atom. The molecule has 2 unspecified atom stereocenters. The van der Waals surface area contributed by atoms with E-state index in [0.29, 0.717) is 0 Å². The first-order valence-electron chi connectivity index (χ1n) is 6.34. The van der Waals surface area contributed by atoms with Gasteiger partial charge in [0.2, 0.25) is 0 Å². The fourth-order valence-electron chi connectivity index (χ4n) is 2.80. The lowest BCUT2D eigenvalue weighted by molar-refractivity contribution is 0.255. The molecule has 82 valence electrons. The Bertz CT molecular complexity index is 164. The van der Waals surface area contributed by atoms with Crippen LogP contribution < -0.4 is 5.32 Å². The molecule has 2 heterocycles. The number of nitrogens with one attached hydrogen (secondary N) is 1. The normalized spacial score (nSPS) is 34.9. The van der Waals surface area contributed by atoms with Gasteiger partial charge < -0.3 is 10.2 Å². The maximum Gasteiger partial charge on any atom is 0.0195 e. The van der Waals surface area contributed by atoms with Gasteiger partial charge in [-0.05, 0) is 38.3 Å². The largest absolute Gasteiger partial charge is 0.313 e. The summed E-state index contributed by atoms with van der Waals surface area (Å²) in [6.07, 6.45) is 7.02. The van der Waals surface area contributed by atoms with Crippen molar-refractivity contribution in [3.05, 3.63) is 0 Å².